The molecule has 0 aliphatic heterocycles. The van der Waals surface area contributed by atoms with Gasteiger partial charge in [0.2, 0.25) is 0 Å². The van der Waals surface area contributed by atoms with E-state index >= 15 is 0 Å². The normalized spacial score (nSPS) is 12.4. The van der Waals surface area contributed by atoms with Crippen molar-refractivity contribution in [3.05, 3.63) is 24.2 Å². The maximum Gasteiger partial charge on any atom is 0.308 e. The monoisotopic (exact) mass is 241 g/mol. The fourth-order valence-electron chi connectivity index (χ4n) is 1.42. The SMILES string of the molecule is CCOC(=O)CC(O)CNCCc1ccco1. The van der Waals surface area contributed by atoms with Gasteiger partial charge in [0.15, 0.2) is 0 Å². The average Bonchev–Trinajstić information content (AvgIpc) is 2.77. The van der Waals surface area contributed by atoms with Gasteiger partial charge in [-0.25, -0.2) is 0 Å². The summed E-state index contributed by atoms with van der Waals surface area (Å²) in [6, 6.07) is 3.74. The molecule has 2 N–H and O–H groups in total. The zero-order chi connectivity index (χ0) is 12.5. The fraction of sp³-hybridized carbons (Fsp3) is 0.583. The topological polar surface area (TPSA) is 71.7 Å². The molecule has 0 aromatic carbocycles. The van der Waals surface area contributed by atoms with Gasteiger partial charge in [0, 0.05) is 19.5 Å². The second kappa shape index (κ2) is 7.86. The number of hydrogen-bond acceptors (Lipinski definition) is 5. The first-order chi connectivity index (χ1) is 8.22. The van der Waals surface area contributed by atoms with E-state index in [4.69, 9.17) is 9.15 Å². The van der Waals surface area contributed by atoms with E-state index in [2.05, 4.69) is 5.32 Å². The Morgan fingerprint density at radius 2 is 2.47 bits per heavy atom. The second-order valence-electron chi connectivity index (χ2n) is 3.70. The molecule has 1 aromatic rings. The molecule has 1 rings (SSSR count). The van der Waals surface area contributed by atoms with Crippen molar-refractivity contribution in [2.45, 2.75) is 25.9 Å². The maximum atomic E-state index is 11.0. The first-order valence-electron chi connectivity index (χ1n) is 5.79. The minimum absolute atomic E-state index is 0.0294. The molecule has 5 nitrogen and oxygen atoms in total. The van der Waals surface area contributed by atoms with Crippen LogP contribution in [0.5, 0.6) is 0 Å². The first-order valence-corrected chi connectivity index (χ1v) is 5.79. The third-order valence-electron chi connectivity index (χ3n) is 2.22. The Kier molecular flexibility index (Phi) is 6.35. The molecule has 0 bridgehead atoms. The lowest BCUT2D eigenvalue weighted by Gasteiger charge is -2.10. The quantitative estimate of drug-likeness (QED) is 0.518. The molecular formula is C12H19NO4. The first kappa shape index (κ1) is 13.7. The van der Waals surface area contributed by atoms with Gasteiger partial charge in [-0.05, 0) is 19.1 Å². The third kappa shape index (κ3) is 6.09. The van der Waals surface area contributed by atoms with Crippen molar-refractivity contribution in [1.29, 1.82) is 0 Å². The zero-order valence-corrected chi connectivity index (χ0v) is 10.0. The van der Waals surface area contributed by atoms with Crippen LogP contribution in [0.15, 0.2) is 22.8 Å². The molecule has 0 aliphatic carbocycles. The van der Waals surface area contributed by atoms with Crippen LogP contribution in [0.2, 0.25) is 0 Å². The van der Waals surface area contributed by atoms with Crippen molar-refractivity contribution in [3.63, 3.8) is 0 Å². The van der Waals surface area contributed by atoms with Gasteiger partial charge in [0.05, 0.1) is 25.4 Å². The van der Waals surface area contributed by atoms with Crippen LogP contribution >= 0.6 is 0 Å². The average molecular weight is 241 g/mol. The maximum absolute atomic E-state index is 11.0. The van der Waals surface area contributed by atoms with E-state index in [0.717, 1.165) is 12.2 Å². The predicted molar refractivity (Wildman–Crippen MR) is 62.5 cm³/mol. The van der Waals surface area contributed by atoms with Crippen molar-refractivity contribution in [1.82, 2.24) is 5.32 Å². The number of rotatable bonds is 8. The standard InChI is InChI=1S/C12H19NO4/c1-2-16-12(15)8-10(14)9-13-6-5-11-4-3-7-17-11/h3-4,7,10,13-14H,2,5-6,8-9H2,1H3. The van der Waals surface area contributed by atoms with Gasteiger partial charge >= 0.3 is 5.97 Å². The van der Waals surface area contributed by atoms with Gasteiger partial charge in [0.25, 0.3) is 0 Å². The second-order valence-corrected chi connectivity index (χ2v) is 3.70. The van der Waals surface area contributed by atoms with Crippen LogP contribution in [0.1, 0.15) is 19.1 Å². The largest absolute Gasteiger partial charge is 0.469 e. The molecule has 0 amide bonds. The van der Waals surface area contributed by atoms with Crippen molar-refractivity contribution in [2.75, 3.05) is 19.7 Å². The number of ether oxygens (including phenoxy) is 1. The third-order valence-corrected chi connectivity index (χ3v) is 2.22. The molecule has 0 radical (unpaired) electrons. The van der Waals surface area contributed by atoms with Crippen LogP contribution in [-0.4, -0.2) is 36.9 Å². The Morgan fingerprint density at radius 1 is 1.65 bits per heavy atom. The molecule has 0 saturated carbocycles. The Balaban J connectivity index is 2.04. The van der Waals surface area contributed by atoms with E-state index in [1.54, 1.807) is 13.2 Å². The molecule has 0 aliphatic rings. The summed E-state index contributed by atoms with van der Waals surface area (Å²) in [5.74, 6) is 0.533. The molecule has 96 valence electrons. The van der Waals surface area contributed by atoms with Gasteiger partial charge in [-0.15, -0.1) is 0 Å². The minimum atomic E-state index is -0.703. The number of hydrogen-bond donors (Lipinski definition) is 2. The van der Waals surface area contributed by atoms with Crippen LogP contribution in [0, 0.1) is 0 Å². The van der Waals surface area contributed by atoms with Crippen molar-refractivity contribution >= 4 is 5.97 Å². The summed E-state index contributed by atoms with van der Waals surface area (Å²) in [4.78, 5) is 11.0. The molecule has 1 heterocycles. The molecule has 17 heavy (non-hydrogen) atoms. The number of carbonyl (C=O) groups excluding carboxylic acids is 1. The van der Waals surface area contributed by atoms with Crippen LogP contribution in [0.25, 0.3) is 0 Å². The highest BCUT2D eigenvalue weighted by atomic mass is 16.5. The summed E-state index contributed by atoms with van der Waals surface area (Å²) in [6.45, 7) is 3.16. The van der Waals surface area contributed by atoms with Crippen molar-refractivity contribution in [3.8, 4) is 0 Å². The van der Waals surface area contributed by atoms with Crippen LogP contribution in [0.4, 0.5) is 0 Å². The number of carbonyl (C=O) groups is 1. The molecule has 5 heteroatoms. The Labute approximate surface area is 101 Å². The zero-order valence-electron chi connectivity index (χ0n) is 10.0. The minimum Gasteiger partial charge on any atom is -0.469 e. The van der Waals surface area contributed by atoms with Gasteiger partial charge in [0.1, 0.15) is 5.76 Å². The van der Waals surface area contributed by atoms with E-state index in [1.165, 1.54) is 0 Å². The Morgan fingerprint density at radius 3 is 3.12 bits per heavy atom. The van der Waals surface area contributed by atoms with Crippen molar-refractivity contribution in [2.24, 2.45) is 0 Å². The highest BCUT2D eigenvalue weighted by molar-refractivity contribution is 5.69. The number of aliphatic hydroxyl groups excluding tert-OH is 1. The molecular weight excluding hydrogens is 222 g/mol. The highest BCUT2D eigenvalue weighted by Gasteiger charge is 2.10. The fourth-order valence-corrected chi connectivity index (χ4v) is 1.42. The van der Waals surface area contributed by atoms with Crippen LogP contribution < -0.4 is 5.32 Å². The van der Waals surface area contributed by atoms with Gasteiger partial charge in [-0.3, -0.25) is 4.79 Å². The van der Waals surface area contributed by atoms with Gasteiger partial charge in [-0.2, -0.15) is 0 Å². The van der Waals surface area contributed by atoms with Crippen molar-refractivity contribution < 1.29 is 19.1 Å². The summed E-state index contributed by atoms with van der Waals surface area (Å²) in [5.41, 5.74) is 0. The highest BCUT2D eigenvalue weighted by Crippen LogP contribution is 1.99. The number of aliphatic hydroxyl groups is 1. The summed E-state index contributed by atoms with van der Waals surface area (Å²) in [7, 11) is 0. The Hall–Kier alpha value is -1.33. The molecule has 0 saturated heterocycles. The molecule has 1 unspecified atom stereocenters. The van der Waals surface area contributed by atoms with E-state index in [1.807, 2.05) is 12.1 Å². The summed E-state index contributed by atoms with van der Waals surface area (Å²) < 4.78 is 9.90. The summed E-state index contributed by atoms with van der Waals surface area (Å²) in [6.07, 6.45) is 1.72. The Bertz CT molecular complexity index is 310. The van der Waals surface area contributed by atoms with E-state index < -0.39 is 6.10 Å². The van der Waals surface area contributed by atoms with E-state index in [0.29, 0.717) is 19.7 Å². The summed E-state index contributed by atoms with van der Waals surface area (Å²) >= 11 is 0. The van der Waals surface area contributed by atoms with Crippen LogP contribution in [0.3, 0.4) is 0 Å². The van der Waals surface area contributed by atoms with E-state index in [-0.39, 0.29) is 12.4 Å². The number of esters is 1. The van der Waals surface area contributed by atoms with E-state index in [9.17, 15) is 9.90 Å². The smallest absolute Gasteiger partial charge is 0.308 e. The van der Waals surface area contributed by atoms with Gasteiger partial charge in [-0.1, -0.05) is 0 Å². The number of furan rings is 1. The summed E-state index contributed by atoms with van der Waals surface area (Å²) in [5, 5.41) is 12.6. The predicted octanol–water partition coefficient (Wildman–Crippen LogP) is 0.726. The number of nitrogens with one attached hydrogen (secondary N) is 1. The molecule has 0 spiro atoms. The van der Waals surface area contributed by atoms with Crippen LogP contribution in [-0.2, 0) is 16.0 Å². The lowest BCUT2D eigenvalue weighted by molar-refractivity contribution is -0.145. The lowest BCUT2D eigenvalue weighted by atomic mass is 10.2. The molecule has 0 fully saturated rings. The van der Waals surface area contributed by atoms with Gasteiger partial charge < -0.3 is 19.6 Å². The lowest BCUT2D eigenvalue weighted by Crippen LogP contribution is -2.30. The molecule has 1 aromatic heterocycles. The molecule has 1 atom stereocenters.